The number of pyridine rings is 1. The standard InChI is InChI=1S/C19H18N2O3S/c20-18(23)16-7-15-12(8-21-9-17(15)25-16)10-24-14-3-1-13(2-4-14)19(11-22)5-6-19/h1-4,7-9,22H,5-6,10-11H2,(H2,20,23). The first-order valence-corrected chi connectivity index (χ1v) is 8.93. The minimum absolute atomic E-state index is 0.0319. The molecule has 0 bridgehead atoms. The van der Waals surface area contributed by atoms with E-state index in [2.05, 4.69) is 4.98 Å². The van der Waals surface area contributed by atoms with E-state index >= 15 is 0 Å². The number of hydrogen-bond donors (Lipinski definition) is 2. The molecule has 3 aromatic rings. The van der Waals surface area contributed by atoms with Crippen molar-refractivity contribution in [3.05, 3.63) is 58.7 Å². The maximum atomic E-state index is 11.4. The molecule has 6 heteroatoms. The number of carbonyl (C=O) groups excluding carboxylic acids is 1. The van der Waals surface area contributed by atoms with Gasteiger partial charge in [-0.25, -0.2) is 0 Å². The average Bonchev–Trinajstić information content (AvgIpc) is 3.30. The molecule has 3 N–H and O–H groups in total. The molecule has 0 saturated heterocycles. The van der Waals surface area contributed by atoms with Crippen LogP contribution in [0.15, 0.2) is 42.7 Å². The third-order valence-corrected chi connectivity index (χ3v) is 5.87. The number of aromatic nitrogens is 1. The third kappa shape index (κ3) is 2.99. The van der Waals surface area contributed by atoms with Gasteiger partial charge in [0.2, 0.25) is 0 Å². The summed E-state index contributed by atoms with van der Waals surface area (Å²) in [5.41, 5.74) is 7.41. The Morgan fingerprint density at radius 3 is 2.68 bits per heavy atom. The number of aliphatic hydroxyl groups excluding tert-OH is 1. The lowest BCUT2D eigenvalue weighted by atomic mass is 9.97. The molecule has 1 saturated carbocycles. The highest BCUT2D eigenvalue weighted by Crippen LogP contribution is 2.47. The van der Waals surface area contributed by atoms with Crippen LogP contribution in [-0.4, -0.2) is 22.6 Å². The molecule has 1 aromatic carbocycles. The fourth-order valence-corrected chi connectivity index (χ4v) is 3.94. The van der Waals surface area contributed by atoms with Gasteiger partial charge in [-0.1, -0.05) is 12.1 Å². The van der Waals surface area contributed by atoms with E-state index < -0.39 is 5.91 Å². The minimum Gasteiger partial charge on any atom is -0.489 e. The molecule has 1 aliphatic carbocycles. The molecule has 5 nitrogen and oxygen atoms in total. The van der Waals surface area contributed by atoms with E-state index in [1.54, 1.807) is 18.5 Å². The third-order valence-electron chi connectivity index (χ3n) is 4.79. The summed E-state index contributed by atoms with van der Waals surface area (Å²) in [6.07, 6.45) is 5.56. The topological polar surface area (TPSA) is 85.4 Å². The summed E-state index contributed by atoms with van der Waals surface area (Å²) < 4.78 is 6.80. The zero-order valence-corrected chi connectivity index (χ0v) is 14.4. The molecule has 1 amide bonds. The number of fused-ring (bicyclic) bond motifs is 1. The highest BCUT2D eigenvalue weighted by molar-refractivity contribution is 7.20. The molecule has 0 spiro atoms. The van der Waals surface area contributed by atoms with Gasteiger partial charge >= 0.3 is 0 Å². The highest BCUT2D eigenvalue weighted by Gasteiger charge is 2.43. The van der Waals surface area contributed by atoms with E-state index in [1.165, 1.54) is 11.3 Å². The number of nitrogens with zero attached hydrogens (tertiary/aromatic N) is 1. The van der Waals surface area contributed by atoms with Crippen LogP contribution in [-0.2, 0) is 12.0 Å². The fourth-order valence-electron chi connectivity index (χ4n) is 3.01. The summed E-state index contributed by atoms with van der Waals surface area (Å²) in [6, 6.07) is 9.70. The van der Waals surface area contributed by atoms with E-state index in [0.29, 0.717) is 11.5 Å². The Bertz CT molecular complexity index is 929. The Morgan fingerprint density at radius 2 is 2.04 bits per heavy atom. The van der Waals surface area contributed by atoms with Crippen molar-refractivity contribution in [2.45, 2.75) is 24.9 Å². The van der Waals surface area contributed by atoms with Gasteiger partial charge < -0.3 is 15.6 Å². The molecule has 0 radical (unpaired) electrons. The average molecular weight is 354 g/mol. The number of hydrogen-bond acceptors (Lipinski definition) is 5. The van der Waals surface area contributed by atoms with Gasteiger partial charge in [-0.15, -0.1) is 11.3 Å². The van der Waals surface area contributed by atoms with Gasteiger partial charge in [0.25, 0.3) is 5.91 Å². The van der Waals surface area contributed by atoms with Crippen LogP contribution in [0.1, 0.15) is 33.6 Å². The number of thiophene rings is 1. The van der Waals surface area contributed by atoms with Crippen molar-refractivity contribution in [2.75, 3.05) is 6.61 Å². The molecule has 4 rings (SSSR count). The number of rotatable bonds is 6. The second-order valence-electron chi connectivity index (χ2n) is 6.44. The monoisotopic (exact) mass is 354 g/mol. The number of carbonyl (C=O) groups is 1. The molecule has 0 atom stereocenters. The summed E-state index contributed by atoms with van der Waals surface area (Å²) in [4.78, 5) is 16.1. The van der Waals surface area contributed by atoms with Crippen LogP contribution >= 0.6 is 11.3 Å². The van der Waals surface area contributed by atoms with Crippen molar-refractivity contribution in [1.82, 2.24) is 4.98 Å². The largest absolute Gasteiger partial charge is 0.489 e. The van der Waals surface area contributed by atoms with Gasteiger partial charge in [-0.2, -0.15) is 0 Å². The quantitative estimate of drug-likeness (QED) is 0.712. The molecule has 0 unspecified atom stereocenters. The van der Waals surface area contributed by atoms with E-state index in [4.69, 9.17) is 10.5 Å². The van der Waals surface area contributed by atoms with Crippen molar-refractivity contribution < 1.29 is 14.6 Å². The molecule has 2 aromatic heterocycles. The van der Waals surface area contributed by atoms with Crippen molar-refractivity contribution >= 4 is 27.3 Å². The molecule has 2 heterocycles. The zero-order chi connectivity index (χ0) is 17.4. The first kappa shape index (κ1) is 16.1. The molecule has 128 valence electrons. The summed E-state index contributed by atoms with van der Waals surface area (Å²) in [6.45, 7) is 0.561. The van der Waals surface area contributed by atoms with Crippen LogP contribution in [0.2, 0.25) is 0 Å². The lowest BCUT2D eigenvalue weighted by Gasteiger charge is -2.13. The Kier molecular flexibility index (Phi) is 3.94. The SMILES string of the molecule is NC(=O)c1cc2c(COc3ccc(C4(CO)CC4)cc3)cncc2s1. The molecule has 1 fully saturated rings. The van der Waals surface area contributed by atoms with Gasteiger partial charge in [0.05, 0.1) is 16.2 Å². The number of aliphatic hydroxyl groups is 1. The van der Waals surface area contributed by atoms with Crippen molar-refractivity contribution in [3.8, 4) is 5.75 Å². The zero-order valence-electron chi connectivity index (χ0n) is 13.6. The van der Waals surface area contributed by atoms with Crippen LogP contribution in [0.5, 0.6) is 5.75 Å². The van der Waals surface area contributed by atoms with Crippen LogP contribution < -0.4 is 10.5 Å². The lowest BCUT2D eigenvalue weighted by molar-refractivity contribution is 0.100. The molecule has 1 aliphatic rings. The van der Waals surface area contributed by atoms with E-state index in [0.717, 1.165) is 39.8 Å². The van der Waals surface area contributed by atoms with E-state index in [-0.39, 0.29) is 12.0 Å². The second kappa shape index (κ2) is 6.13. The normalized spacial score (nSPS) is 15.2. The maximum Gasteiger partial charge on any atom is 0.258 e. The number of nitrogens with two attached hydrogens (primary N) is 1. The highest BCUT2D eigenvalue weighted by atomic mass is 32.1. The van der Waals surface area contributed by atoms with Gasteiger partial charge in [-0.05, 0) is 36.6 Å². The van der Waals surface area contributed by atoms with Crippen molar-refractivity contribution in [2.24, 2.45) is 5.73 Å². The summed E-state index contributed by atoms with van der Waals surface area (Å²) in [7, 11) is 0. The first-order chi connectivity index (χ1) is 12.1. The summed E-state index contributed by atoms with van der Waals surface area (Å²) in [5.74, 6) is 0.335. The van der Waals surface area contributed by atoms with Crippen LogP contribution in [0.25, 0.3) is 10.1 Å². The van der Waals surface area contributed by atoms with E-state index in [9.17, 15) is 9.90 Å². The first-order valence-electron chi connectivity index (χ1n) is 8.12. The van der Waals surface area contributed by atoms with Crippen molar-refractivity contribution in [3.63, 3.8) is 0 Å². The van der Waals surface area contributed by atoms with Gasteiger partial charge in [0.1, 0.15) is 12.4 Å². The predicted octanol–water partition coefficient (Wildman–Crippen LogP) is 3.00. The summed E-state index contributed by atoms with van der Waals surface area (Å²) >= 11 is 1.34. The van der Waals surface area contributed by atoms with Crippen LogP contribution in [0.3, 0.4) is 0 Å². The van der Waals surface area contributed by atoms with Crippen LogP contribution in [0, 0.1) is 0 Å². The summed E-state index contributed by atoms with van der Waals surface area (Å²) in [5, 5.41) is 10.4. The number of benzene rings is 1. The molecular weight excluding hydrogens is 336 g/mol. The maximum absolute atomic E-state index is 11.4. The lowest BCUT2D eigenvalue weighted by Crippen LogP contribution is -2.11. The minimum atomic E-state index is -0.429. The fraction of sp³-hybridized carbons (Fsp3) is 0.263. The number of ether oxygens (including phenoxy) is 1. The Hall–Kier alpha value is -2.44. The number of primary amides is 1. The molecule has 0 aliphatic heterocycles. The second-order valence-corrected chi connectivity index (χ2v) is 7.52. The van der Waals surface area contributed by atoms with Gasteiger partial charge in [0, 0.05) is 28.8 Å². The van der Waals surface area contributed by atoms with Crippen molar-refractivity contribution in [1.29, 1.82) is 0 Å². The van der Waals surface area contributed by atoms with E-state index in [1.807, 2.05) is 24.3 Å². The molecular formula is C19H18N2O3S. The van der Waals surface area contributed by atoms with Gasteiger partial charge in [-0.3, -0.25) is 9.78 Å². The number of amides is 1. The predicted molar refractivity (Wildman–Crippen MR) is 96.9 cm³/mol. The van der Waals surface area contributed by atoms with Gasteiger partial charge in [0.15, 0.2) is 0 Å². The Balaban J connectivity index is 1.51. The molecule has 25 heavy (non-hydrogen) atoms. The Morgan fingerprint density at radius 1 is 1.28 bits per heavy atom. The smallest absolute Gasteiger partial charge is 0.258 e. The Labute approximate surface area is 149 Å². The van der Waals surface area contributed by atoms with Crippen LogP contribution in [0.4, 0.5) is 0 Å².